The molecule has 0 amide bonds. The first-order chi connectivity index (χ1) is 64.5. The van der Waals surface area contributed by atoms with Gasteiger partial charge < -0.3 is 115 Å². The molecule has 16 rings (SSSR count). The number of nitrogen functional groups attached to an aromatic ring is 4. The molecule has 13 heterocycles. The smallest absolute Gasteiger partial charge is 0.469 e. The number of rotatable bonds is 34. The van der Waals surface area contributed by atoms with Gasteiger partial charge in [-0.2, -0.15) is 37.5 Å². The summed E-state index contributed by atoms with van der Waals surface area (Å²) in [5.74, 6) is 2.52. The lowest BCUT2D eigenvalue weighted by Gasteiger charge is -2.27. The van der Waals surface area contributed by atoms with Crippen molar-refractivity contribution < 1.29 is 130 Å². The molecule has 137 heavy (non-hydrogen) atoms. The SMILES string of the molecule is C1CS1.CC(C)(CO)C(=O)SCCOP(=O)(NCc1ccccc1)OC[C@H]1O[C@@H](n2cnc3c(=O)[nH]c(N)nc32)[C@@](C)(O)C1O.C[C@]1(O)C(O)[C@@H](COP(=O)(NCc2ccccc2)OCC[S-])O[C@H]1n1cnc2c(=O)[nH]c(N)nc21.C[C@]1(O)C(O)[C@@H](COP(=O)(O)NCc2ccccc2)O[C@H]1n1cnc2c(=O)[nH]c(N)nc21.C[C@]1(O)C(O)[C@@H](COP(=O)(O)O)O[C@H]1n1cnc2c(=O)[nH]c(N)nc21. The predicted molar refractivity (Wildman–Crippen MR) is 493 cm³/mol. The zero-order chi connectivity index (χ0) is 99.7. The van der Waals surface area contributed by atoms with E-state index >= 15 is 0 Å². The van der Waals surface area contributed by atoms with Gasteiger partial charge in [-0.1, -0.05) is 103 Å². The molecule has 0 saturated carbocycles. The number of hydrogen-bond acceptors (Lipinski definition) is 43. The molecule has 5 aliphatic heterocycles. The average Bonchev–Trinajstić information content (AvgIpc) is 1.61. The predicted octanol–water partition coefficient (Wildman–Crippen LogP) is -0.719. The van der Waals surface area contributed by atoms with Crippen molar-refractivity contribution in [3.63, 3.8) is 0 Å². The Morgan fingerprint density at radius 2 is 0.759 bits per heavy atom. The van der Waals surface area contributed by atoms with Crippen molar-refractivity contribution >= 4 is 141 Å². The molecule has 0 bridgehead atoms. The Balaban J connectivity index is 0.000000164. The first kappa shape index (κ1) is 107. The molecule has 5 aliphatic rings. The Kier molecular flexibility index (Phi) is 34.6. The Labute approximate surface area is 789 Å². The van der Waals surface area contributed by atoms with Gasteiger partial charge in [-0.05, 0) is 58.2 Å². The van der Waals surface area contributed by atoms with Crippen LogP contribution in [0.3, 0.4) is 0 Å². The van der Waals surface area contributed by atoms with Gasteiger partial charge in [0.15, 0.2) is 74.7 Å². The summed E-state index contributed by atoms with van der Waals surface area (Å²) >= 11 is 7.81. The fourth-order valence-corrected chi connectivity index (χ4v) is 18.9. The summed E-state index contributed by atoms with van der Waals surface area (Å²) in [7, 11) is -16.9. The van der Waals surface area contributed by atoms with Crippen LogP contribution in [-0.4, -0.2) is 284 Å². The molecule has 0 aliphatic carbocycles. The number of thioether (sulfide) groups is 2. The van der Waals surface area contributed by atoms with Crippen molar-refractivity contribution in [3.05, 3.63) is 174 Å². The number of nitrogens with zero attached hydrogens (tertiary/aromatic N) is 12. The van der Waals surface area contributed by atoms with E-state index in [1.54, 1.807) is 38.1 Å². The summed E-state index contributed by atoms with van der Waals surface area (Å²) in [5, 5.41) is 103. The number of phosphoric ester groups is 1. The van der Waals surface area contributed by atoms with Crippen LogP contribution in [0.25, 0.3) is 44.7 Å². The van der Waals surface area contributed by atoms with E-state index in [0.717, 1.165) is 28.5 Å². The fourth-order valence-electron chi connectivity index (χ4n) is 14.0. The monoisotopic (exact) mass is 2050 g/mol. The second-order valence-electron chi connectivity index (χ2n) is 32.7. The molecule has 3 aromatic carbocycles. The normalized spacial score (nSPS) is 26.6. The van der Waals surface area contributed by atoms with E-state index in [9.17, 15) is 93.1 Å². The second-order valence-corrected chi connectivity index (χ2v) is 41.9. The van der Waals surface area contributed by atoms with Crippen molar-refractivity contribution in [1.29, 1.82) is 0 Å². The summed E-state index contributed by atoms with van der Waals surface area (Å²) in [4.78, 5) is 129. The van der Waals surface area contributed by atoms with Gasteiger partial charge in [0.2, 0.25) is 23.8 Å². The molecule has 54 nitrogen and oxygen atoms in total. The molecule has 19 atom stereocenters. The third-order valence-electron chi connectivity index (χ3n) is 21.5. The minimum absolute atomic E-state index is 0.00544. The highest BCUT2D eigenvalue weighted by Gasteiger charge is 2.58. The van der Waals surface area contributed by atoms with Crippen LogP contribution in [0.15, 0.2) is 135 Å². The molecule has 11 aromatic rings. The molecule has 5 fully saturated rings. The summed E-state index contributed by atoms with van der Waals surface area (Å²) in [6.07, 6.45) is -10.8. The number of hydrogen-bond donors (Lipinski definition) is 23. The molecule has 0 radical (unpaired) electrons. The van der Waals surface area contributed by atoms with Gasteiger partial charge in [-0.3, -0.25) is 89.3 Å². The zero-order valence-electron chi connectivity index (χ0n) is 73.6. The quantitative estimate of drug-likeness (QED) is 0.0102. The molecule has 0 spiro atoms. The van der Waals surface area contributed by atoms with Gasteiger partial charge in [0.05, 0.1) is 70.4 Å². The average molecular weight is 2060 g/mol. The van der Waals surface area contributed by atoms with Crippen molar-refractivity contribution in [2.45, 2.75) is 157 Å². The highest BCUT2D eigenvalue weighted by molar-refractivity contribution is 8.13. The molecule has 5 saturated heterocycles. The summed E-state index contributed by atoms with van der Waals surface area (Å²) in [6.45, 7) is 6.45. The van der Waals surface area contributed by atoms with Crippen LogP contribution in [0, 0.1) is 5.41 Å². The number of benzene rings is 3. The number of aromatic nitrogens is 16. The number of anilines is 4. The van der Waals surface area contributed by atoms with Crippen LogP contribution < -0.4 is 60.4 Å². The number of carbonyl (C=O) groups excluding carboxylic acids is 1. The lowest BCUT2D eigenvalue weighted by molar-refractivity contribution is -0.119. The van der Waals surface area contributed by atoms with E-state index < -0.39 is 175 Å². The minimum atomic E-state index is -4.78. The number of phosphoric acid groups is 1. The van der Waals surface area contributed by atoms with Crippen LogP contribution in [0.4, 0.5) is 23.8 Å². The van der Waals surface area contributed by atoms with E-state index in [2.05, 4.69) is 79.6 Å². The maximum atomic E-state index is 13.7. The largest absolute Gasteiger partial charge is 0.790 e. The number of nitrogens with two attached hydrogens (primary N) is 4. The fraction of sp³-hybridized carbons (Fsp3) is 0.487. The molecule has 61 heteroatoms. The van der Waals surface area contributed by atoms with Crippen LogP contribution in [0.2, 0.25) is 0 Å². The Hall–Kier alpha value is -9.10. The number of H-pyrrole nitrogens is 4. The standard InChI is InChI=1S/C25H35N6O9PS.C20H27N6O7PS.C18H23N6O7P.C11H16N5O8P.C2H4S/c1-24(2,13-32)22(35)42-10-9-38-41(37,28-11-15-7-5-4-6-8-15)39-12-16-18(33)25(3,36)21(40-16)31-14-27-17-19(31)29-23(26)30-20(17)34;1-20(29)15(27)13(33-18(20)26-11-22-14-16(26)24-19(21)25-17(14)28)10-32-34(30,31-7-8-35)23-9-12-5-3-2-4-6-12;1-18(27)13(25)11(8-30-32(28,29)21-7-10-5-3-2-4-6-10)31-16(18)24-9-20-12-14(24)22-17(19)23-15(12)26;1-11(19)6(17)4(2-23-25(20,21)22)24-9(11)16-3-13-5-7(16)14-10(12)15-8(5)18;1-2-3-1/h4-8,14,16,18,21,32-33,36H,9-13H2,1-3H3,(H,28,37)(H3,26,29,30,34);2-6,11,13,15,18,27,29,35H,7-10H2,1H3,(H,23,30)(H3,21,24,25,28);2-6,9,11,13,16,25,27H,7-8H2,1H3,(H2,21,28,29)(H3,19,22,23,26);3-4,6,9,17,19H,2H2,1H3,(H2,20,21,22)(H3,12,14,15,18);1-2H2/p-1/t16-,18?,21-,25+,41?;13-,15?,18-,20+,34?;11-,13?,16-,18+;4-,6?,9-,11+;/m1111./s1. The topological polar surface area (TPSA) is 815 Å². The molecular weight excluding hydrogens is 1950 g/mol. The number of aliphatic hydroxyl groups is 9. The highest BCUT2D eigenvalue weighted by atomic mass is 32.2. The van der Waals surface area contributed by atoms with Gasteiger partial charge in [0, 0.05) is 43.5 Å². The van der Waals surface area contributed by atoms with Crippen molar-refractivity contribution in [3.8, 4) is 0 Å². The van der Waals surface area contributed by atoms with E-state index in [-0.39, 0.29) is 131 Å². The van der Waals surface area contributed by atoms with Crippen LogP contribution in [0.5, 0.6) is 0 Å². The van der Waals surface area contributed by atoms with Gasteiger partial charge in [0.1, 0.15) is 71.2 Å². The highest BCUT2D eigenvalue weighted by Crippen LogP contribution is 2.51. The number of ether oxygens (including phenoxy) is 4. The number of fused-ring (bicyclic) bond motifs is 4. The van der Waals surface area contributed by atoms with E-state index in [0.29, 0.717) is 0 Å². The summed E-state index contributed by atoms with van der Waals surface area (Å²) < 4.78 is 110. The number of aromatic amines is 4. The van der Waals surface area contributed by atoms with Crippen LogP contribution in [-0.2, 0) is 101 Å². The Morgan fingerprint density at radius 1 is 0.482 bits per heavy atom. The second kappa shape index (κ2) is 44.4. The lowest BCUT2D eigenvalue weighted by atomic mass is 9.96. The van der Waals surface area contributed by atoms with Crippen molar-refractivity contribution in [1.82, 2.24) is 93.3 Å². The van der Waals surface area contributed by atoms with E-state index in [1.807, 2.05) is 78.5 Å². The van der Waals surface area contributed by atoms with Gasteiger partial charge >= 0.3 is 31.1 Å². The number of nitrogens with one attached hydrogen (secondary N) is 7. The van der Waals surface area contributed by atoms with Gasteiger partial charge in [0.25, 0.3) is 22.2 Å². The van der Waals surface area contributed by atoms with Crippen molar-refractivity contribution in [2.24, 2.45) is 5.41 Å². The van der Waals surface area contributed by atoms with Crippen LogP contribution in [0.1, 0.15) is 83.1 Å². The van der Waals surface area contributed by atoms with E-state index in [4.69, 9.17) is 86.9 Å². The first-order valence-corrected chi connectivity index (χ1v) is 50.3. The summed E-state index contributed by atoms with van der Waals surface area (Å²) in [5.41, 5.74) is 14.1. The Bertz CT molecular complexity index is 6450. The summed E-state index contributed by atoms with van der Waals surface area (Å²) in [6, 6.07) is 27.3. The maximum absolute atomic E-state index is 13.7. The van der Waals surface area contributed by atoms with Gasteiger partial charge in [-0.25, -0.2) is 53.5 Å². The maximum Gasteiger partial charge on any atom is 0.469 e. The van der Waals surface area contributed by atoms with Crippen LogP contribution >= 0.6 is 54.6 Å². The zero-order valence-corrected chi connectivity index (χ0v) is 79.6. The molecule has 8 aromatic heterocycles. The van der Waals surface area contributed by atoms with Crippen molar-refractivity contribution in [2.75, 3.05) is 92.2 Å². The lowest BCUT2D eigenvalue weighted by Crippen LogP contribution is -2.44. The number of imidazole rings is 4. The van der Waals surface area contributed by atoms with E-state index in [1.165, 1.54) is 82.8 Å². The molecule has 27 N–H and O–H groups in total. The molecule has 7 unspecified atom stereocenters. The number of aliphatic hydroxyl groups excluding tert-OH is 5. The molecule has 748 valence electrons. The molecular formula is C76H104N23O31P4S3-. The van der Waals surface area contributed by atoms with Gasteiger partial charge in [-0.15, -0.1) is 0 Å². The third-order valence-corrected chi connectivity index (χ3v) is 27.9. The number of carbonyl (C=O) groups is 1. The minimum Gasteiger partial charge on any atom is -0.790 e. The third kappa shape index (κ3) is 26.0. The Morgan fingerprint density at radius 3 is 1.04 bits per heavy atom. The first-order valence-electron chi connectivity index (χ1n) is 41.4.